The molecule has 0 unspecified atom stereocenters. The van der Waals surface area contributed by atoms with E-state index in [1.165, 1.54) is 32.1 Å². The van der Waals surface area contributed by atoms with Crippen LogP contribution in [0.3, 0.4) is 0 Å². The molecule has 15 heavy (non-hydrogen) atoms. The Hall–Kier alpha value is -0.120. The highest BCUT2D eigenvalue weighted by Gasteiger charge is 2.28. The maximum atomic E-state index is 9.55. The SMILES string of the molecule is COCCNC1(CO)CCCCCCC1. The molecule has 0 aromatic heterocycles. The van der Waals surface area contributed by atoms with Gasteiger partial charge >= 0.3 is 0 Å². The Morgan fingerprint density at radius 3 is 2.27 bits per heavy atom. The Labute approximate surface area is 93.2 Å². The Morgan fingerprint density at radius 1 is 1.13 bits per heavy atom. The molecule has 0 saturated heterocycles. The van der Waals surface area contributed by atoms with Crippen LogP contribution in [0.4, 0.5) is 0 Å². The number of nitrogens with one attached hydrogen (secondary N) is 1. The molecular formula is C12H25NO2. The molecule has 0 aromatic rings. The molecule has 0 heterocycles. The molecule has 0 aliphatic heterocycles. The van der Waals surface area contributed by atoms with E-state index in [-0.39, 0.29) is 12.1 Å². The summed E-state index contributed by atoms with van der Waals surface area (Å²) in [6.07, 6.45) is 8.67. The normalized spacial score (nSPS) is 22.0. The predicted molar refractivity (Wildman–Crippen MR) is 62.0 cm³/mol. The number of methoxy groups -OCH3 is 1. The monoisotopic (exact) mass is 215 g/mol. The summed E-state index contributed by atoms with van der Waals surface area (Å²) in [5.41, 5.74) is -0.0288. The first-order valence-corrected chi connectivity index (χ1v) is 6.18. The first-order valence-electron chi connectivity index (χ1n) is 6.18. The Kier molecular flexibility index (Phi) is 6.22. The minimum absolute atomic E-state index is 0.0288. The highest BCUT2D eigenvalue weighted by atomic mass is 16.5. The second-order valence-electron chi connectivity index (χ2n) is 4.63. The Morgan fingerprint density at radius 2 is 1.73 bits per heavy atom. The van der Waals surface area contributed by atoms with Crippen LogP contribution in [0.2, 0.25) is 0 Å². The van der Waals surface area contributed by atoms with Gasteiger partial charge in [0.05, 0.1) is 13.2 Å². The summed E-state index contributed by atoms with van der Waals surface area (Å²) in [5.74, 6) is 0. The van der Waals surface area contributed by atoms with Crippen molar-refractivity contribution in [3.63, 3.8) is 0 Å². The van der Waals surface area contributed by atoms with Crippen LogP contribution in [0.15, 0.2) is 0 Å². The van der Waals surface area contributed by atoms with E-state index in [4.69, 9.17) is 4.74 Å². The van der Waals surface area contributed by atoms with Crippen molar-refractivity contribution in [1.82, 2.24) is 5.32 Å². The zero-order chi connectivity index (χ0) is 11.0. The molecular weight excluding hydrogens is 190 g/mol. The summed E-state index contributed by atoms with van der Waals surface area (Å²) in [6, 6.07) is 0. The van der Waals surface area contributed by atoms with Gasteiger partial charge in [-0.3, -0.25) is 0 Å². The van der Waals surface area contributed by atoms with Crippen LogP contribution < -0.4 is 5.32 Å². The summed E-state index contributed by atoms with van der Waals surface area (Å²) in [4.78, 5) is 0. The minimum atomic E-state index is -0.0288. The molecule has 0 aromatic carbocycles. The van der Waals surface area contributed by atoms with E-state index in [0.717, 1.165) is 26.0 Å². The van der Waals surface area contributed by atoms with Gasteiger partial charge in [0, 0.05) is 19.2 Å². The van der Waals surface area contributed by atoms with Crippen molar-refractivity contribution in [1.29, 1.82) is 0 Å². The molecule has 1 aliphatic carbocycles. The predicted octanol–water partition coefficient (Wildman–Crippen LogP) is 1.70. The van der Waals surface area contributed by atoms with Crippen LogP contribution in [0.1, 0.15) is 44.9 Å². The van der Waals surface area contributed by atoms with E-state index in [2.05, 4.69) is 5.32 Å². The van der Waals surface area contributed by atoms with Crippen molar-refractivity contribution in [2.75, 3.05) is 26.9 Å². The third-order valence-electron chi connectivity index (χ3n) is 3.42. The number of hydrogen-bond acceptors (Lipinski definition) is 3. The standard InChI is InChI=1S/C12H25NO2/c1-15-10-9-13-12(11-14)7-5-3-2-4-6-8-12/h13-14H,2-11H2,1H3. The van der Waals surface area contributed by atoms with Crippen molar-refractivity contribution < 1.29 is 9.84 Å². The molecule has 1 fully saturated rings. The fraction of sp³-hybridized carbons (Fsp3) is 1.00. The Balaban J connectivity index is 2.39. The summed E-state index contributed by atoms with van der Waals surface area (Å²) < 4.78 is 5.03. The summed E-state index contributed by atoms with van der Waals surface area (Å²) in [5, 5.41) is 13.0. The van der Waals surface area contributed by atoms with Gasteiger partial charge in [0.1, 0.15) is 0 Å². The lowest BCUT2D eigenvalue weighted by Gasteiger charge is -2.35. The third kappa shape index (κ3) is 4.49. The fourth-order valence-corrected chi connectivity index (χ4v) is 2.39. The first kappa shape index (κ1) is 12.9. The first-order chi connectivity index (χ1) is 7.33. The van der Waals surface area contributed by atoms with Crippen LogP contribution in [0.5, 0.6) is 0 Å². The van der Waals surface area contributed by atoms with Gasteiger partial charge in [-0.2, -0.15) is 0 Å². The number of hydrogen-bond donors (Lipinski definition) is 2. The molecule has 0 spiro atoms. The lowest BCUT2D eigenvalue weighted by molar-refractivity contribution is 0.115. The molecule has 1 rings (SSSR count). The van der Waals surface area contributed by atoms with Crippen LogP contribution in [0, 0.1) is 0 Å². The van der Waals surface area contributed by atoms with Crippen molar-refractivity contribution >= 4 is 0 Å². The van der Waals surface area contributed by atoms with Gasteiger partial charge in [0.25, 0.3) is 0 Å². The highest BCUT2D eigenvalue weighted by molar-refractivity contribution is 4.88. The summed E-state index contributed by atoms with van der Waals surface area (Å²) in [6.45, 7) is 1.83. The quantitative estimate of drug-likeness (QED) is 0.686. The third-order valence-corrected chi connectivity index (χ3v) is 3.42. The van der Waals surface area contributed by atoms with Crippen LogP contribution >= 0.6 is 0 Å². The Bertz CT molecular complexity index is 154. The van der Waals surface area contributed by atoms with E-state index in [1.807, 2.05) is 0 Å². The lowest BCUT2D eigenvalue weighted by atomic mass is 9.84. The van der Waals surface area contributed by atoms with E-state index in [1.54, 1.807) is 7.11 Å². The van der Waals surface area contributed by atoms with Crippen molar-refractivity contribution in [3.8, 4) is 0 Å². The van der Waals surface area contributed by atoms with E-state index < -0.39 is 0 Å². The van der Waals surface area contributed by atoms with E-state index >= 15 is 0 Å². The molecule has 2 N–H and O–H groups in total. The lowest BCUT2D eigenvalue weighted by Crippen LogP contribution is -2.50. The van der Waals surface area contributed by atoms with E-state index in [9.17, 15) is 5.11 Å². The molecule has 1 saturated carbocycles. The number of ether oxygens (including phenoxy) is 1. The van der Waals surface area contributed by atoms with Gasteiger partial charge in [0.2, 0.25) is 0 Å². The van der Waals surface area contributed by atoms with Crippen LogP contribution in [-0.2, 0) is 4.74 Å². The fourth-order valence-electron chi connectivity index (χ4n) is 2.39. The number of aliphatic hydroxyl groups is 1. The average Bonchev–Trinajstić information content (AvgIpc) is 2.22. The van der Waals surface area contributed by atoms with Crippen molar-refractivity contribution in [2.24, 2.45) is 0 Å². The maximum absolute atomic E-state index is 9.55. The topological polar surface area (TPSA) is 41.5 Å². The smallest absolute Gasteiger partial charge is 0.0613 e. The zero-order valence-corrected chi connectivity index (χ0v) is 9.93. The van der Waals surface area contributed by atoms with E-state index in [0.29, 0.717) is 0 Å². The molecule has 0 bridgehead atoms. The van der Waals surface area contributed by atoms with Crippen LogP contribution in [0.25, 0.3) is 0 Å². The van der Waals surface area contributed by atoms with Gasteiger partial charge in [-0.05, 0) is 12.8 Å². The van der Waals surface area contributed by atoms with Crippen molar-refractivity contribution in [2.45, 2.75) is 50.5 Å². The van der Waals surface area contributed by atoms with Gasteiger partial charge in [-0.15, -0.1) is 0 Å². The number of rotatable bonds is 5. The molecule has 3 nitrogen and oxygen atoms in total. The summed E-state index contributed by atoms with van der Waals surface area (Å²) >= 11 is 0. The second-order valence-corrected chi connectivity index (χ2v) is 4.63. The molecule has 0 radical (unpaired) electrons. The summed E-state index contributed by atoms with van der Waals surface area (Å²) in [7, 11) is 1.71. The molecule has 90 valence electrons. The second kappa shape index (κ2) is 7.20. The van der Waals surface area contributed by atoms with Gasteiger partial charge in [0.15, 0.2) is 0 Å². The average molecular weight is 215 g/mol. The molecule has 0 atom stereocenters. The highest BCUT2D eigenvalue weighted by Crippen LogP contribution is 2.25. The van der Waals surface area contributed by atoms with Gasteiger partial charge < -0.3 is 15.2 Å². The van der Waals surface area contributed by atoms with Gasteiger partial charge in [-0.1, -0.05) is 32.1 Å². The molecule has 3 heteroatoms. The van der Waals surface area contributed by atoms with Crippen LogP contribution in [-0.4, -0.2) is 37.5 Å². The molecule has 1 aliphatic rings. The maximum Gasteiger partial charge on any atom is 0.0613 e. The molecule has 0 amide bonds. The zero-order valence-electron chi connectivity index (χ0n) is 9.93. The van der Waals surface area contributed by atoms with Gasteiger partial charge in [-0.25, -0.2) is 0 Å². The minimum Gasteiger partial charge on any atom is -0.394 e. The van der Waals surface area contributed by atoms with Crippen molar-refractivity contribution in [3.05, 3.63) is 0 Å². The number of aliphatic hydroxyl groups excluding tert-OH is 1. The largest absolute Gasteiger partial charge is 0.394 e.